The number of nitrogens with two attached hydrogens (primary N) is 1. The lowest BCUT2D eigenvalue weighted by atomic mass is 10.2. The summed E-state index contributed by atoms with van der Waals surface area (Å²) in [5, 5.41) is 4.12. The summed E-state index contributed by atoms with van der Waals surface area (Å²) < 4.78 is 0. The average molecular weight is 234 g/mol. The Morgan fingerprint density at radius 2 is 2.06 bits per heavy atom. The zero-order chi connectivity index (χ0) is 11.5. The van der Waals surface area contributed by atoms with E-state index in [1.165, 1.54) is 5.56 Å². The topological polar surface area (TPSA) is 64.7 Å². The van der Waals surface area contributed by atoms with Crippen molar-refractivity contribution in [2.45, 2.75) is 26.7 Å². The SMILES string of the molecule is CCCc1nc(N)nc(-c2cscc2C)n1. The molecule has 0 unspecified atom stereocenters. The lowest BCUT2D eigenvalue weighted by Crippen LogP contribution is -2.04. The molecule has 0 aliphatic heterocycles. The lowest BCUT2D eigenvalue weighted by Gasteiger charge is -2.03. The third-order valence-electron chi connectivity index (χ3n) is 2.27. The number of nitrogen functional groups attached to an aromatic ring is 1. The van der Waals surface area contributed by atoms with Crippen molar-refractivity contribution in [2.75, 3.05) is 5.73 Å². The van der Waals surface area contributed by atoms with E-state index in [2.05, 4.69) is 27.3 Å². The van der Waals surface area contributed by atoms with Gasteiger partial charge < -0.3 is 5.73 Å². The number of anilines is 1. The highest BCUT2D eigenvalue weighted by molar-refractivity contribution is 7.08. The second-order valence-electron chi connectivity index (χ2n) is 3.65. The molecule has 2 N–H and O–H groups in total. The zero-order valence-electron chi connectivity index (χ0n) is 9.40. The first-order valence-corrected chi connectivity index (χ1v) is 6.18. The highest BCUT2D eigenvalue weighted by Crippen LogP contribution is 2.24. The van der Waals surface area contributed by atoms with Crippen LogP contribution in [0.3, 0.4) is 0 Å². The first kappa shape index (κ1) is 11.0. The Hall–Kier alpha value is -1.49. The highest BCUT2D eigenvalue weighted by atomic mass is 32.1. The van der Waals surface area contributed by atoms with Crippen molar-refractivity contribution >= 4 is 17.3 Å². The second-order valence-corrected chi connectivity index (χ2v) is 4.40. The van der Waals surface area contributed by atoms with Crippen molar-refractivity contribution in [1.29, 1.82) is 0 Å². The highest BCUT2D eigenvalue weighted by Gasteiger charge is 2.09. The van der Waals surface area contributed by atoms with Gasteiger partial charge >= 0.3 is 0 Å². The van der Waals surface area contributed by atoms with E-state index in [0.717, 1.165) is 24.2 Å². The van der Waals surface area contributed by atoms with Gasteiger partial charge in [0, 0.05) is 17.4 Å². The fourth-order valence-electron chi connectivity index (χ4n) is 1.48. The van der Waals surface area contributed by atoms with Crippen LogP contribution in [0.15, 0.2) is 10.8 Å². The minimum atomic E-state index is 0.305. The third kappa shape index (κ3) is 2.19. The van der Waals surface area contributed by atoms with Gasteiger partial charge in [-0.15, -0.1) is 0 Å². The van der Waals surface area contributed by atoms with Crippen LogP contribution in [-0.2, 0) is 6.42 Å². The van der Waals surface area contributed by atoms with Crippen LogP contribution in [-0.4, -0.2) is 15.0 Å². The van der Waals surface area contributed by atoms with E-state index < -0.39 is 0 Å². The lowest BCUT2D eigenvalue weighted by molar-refractivity contribution is 0.825. The number of thiophene rings is 1. The van der Waals surface area contributed by atoms with E-state index in [1.807, 2.05) is 12.3 Å². The Balaban J connectivity index is 2.45. The summed E-state index contributed by atoms with van der Waals surface area (Å²) in [4.78, 5) is 12.7. The minimum absolute atomic E-state index is 0.305. The van der Waals surface area contributed by atoms with Gasteiger partial charge in [-0.05, 0) is 24.3 Å². The summed E-state index contributed by atoms with van der Waals surface area (Å²) in [5.41, 5.74) is 7.92. The van der Waals surface area contributed by atoms with Crippen LogP contribution >= 0.6 is 11.3 Å². The molecule has 0 fully saturated rings. The molecular formula is C11H14N4S. The predicted octanol–water partition coefficient (Wildman–Crippen LogP) is 2.44. The van der Waals surface area contributed by atoms with Crippen molar-refractivity contribution in [3.8, 4) is 11.4 Å². The van der Waals surface area contributed by atoms with Crippen molar-refractivity contribution < 1.29 is 0 Å². The van der Waals surface area contributed by atoms with Gasteiger partial charge in [0.25, 0.3) is 0 Å². The van der Waals surface area contributed by atoms with E-state index >= 15 is 0 Å². The first-order valence-electron chi connectivity index (χ1n) is 5.24. The molecule has 2 rings (SSSR count). The molecule has 0 saturated carbocycles. The molecule has 0 atom stereocenters. The van der Waals surface area contributed by atoms with Gasteiger partial charge in [0.15, 0.2) is 5.82 Å². The summed E-state index contributed by atoms with van der Waals surface area (Å²) in [6.45, 7) is 4.14. The molecule has 5 heteroatoms. The number of hydrogen-bond acceptors (Lipinski definition) is 5. The van der Waals surface area contributed by atoms with Gasteiger partial charge in [0.2, 0.25) is 5.95 Å². The van der Waals surface area contributed by atoms with E-state index in [4.69, 9.17) is 5.73 Å². The van der Waals surface area contributed by atoms with Crippen LogP contribution in [0.1, 0.15) is 24.7 Å². The molecule has 4 nitrogen and oxygen atoms in total. The molecule has 0 saturated heterocycles. The molecule has 0 radical (unpaired) electrons. The predicted molar refractivity (Wildman–Crippen MR) is 66.3 cm³/mol. The smallest absolute Gasteiger partial charge is 0.223 e. The van der Waals surface area contributed by atoms with E-state index in [1.54, 1.807) is 11.3 Å². The molecule has 0 spiro atoms. The summed E-state index contributed by atoms with van der Waals surface area (Å²) in [6.07, 6.45) is 1.84. The van der Waals surface area contributed by atoms with Crippen LogP contribution in [0.2, 0.25) is 0 Å². The average Bonchev–Trinajstić information content (AvgIpc) is 2.64. The monoisotopic (exact) mass is 234 g/mol. The standard InChI is InChI=1S/C11H14N4S/c1-3-4-9-13-10(15-11(12)14-9)8-6-16-5-7(8)2/h5-6H,3-4H2,1-2H3,(H2,12,13,14,15). The number of hydrogen-bond donors (Lipinski definition) is 1. The van der Waals surface area contributed by atoms with Crippen molar-refractivity contribution in [3.63, 3.8) is 0 Å². The van der Waals surface area contributed by atoms with Crippen LogP contribution < -0.4 is 5.73 Å². The fourth-order valence-corrected chi connectivity index (χ4v) is 2.31. The summed E-state index contributed by atoms with van der Waals surface area (Å²) in [7, 11) is 0. The van der Waals surface area contributed by atoms with Crippen LogP contribution in [0.5, 0.6) is 0 Å². The first-order chi connectivity index (χ1) is 7.70. The Labute approximate surface area is 98.6 Å². The second kappa shape index (κ2) is 4.57. The Morgan fingerprint density at radius 3 is 2.69 bits per heavy atom. The molecule has 84 valence electrons. The zero-order valence-corrected chi connectivity index (χ0v) is 10.2. The number of rotatable bonds is 3. The maximum Gasteiger partial charge on any atom is 0.223 e. The maximum absolute atomic E-state index is 5.69. The van der Waals surface area contributed by atoms with Gasteiger partial charge in [-0.25, -0.2) is 4.98 Å². The number of nitrogens with zero attached hydrogens (tertiary/aromatic N) is 3. The minimum Gasteiger partial charge on any atom is -0.368 e. The van der Waals surface area contributed by atoms with Crippen molar-refractivity contribution in [3.05, 3.63) is 22.1 Å². The van der Waals surface area contributed by atoms with Crippen molar-refractivity contribution in [1.82, 2.24) is 15.0 Å². The van der Waals surface area contributed by atoms with Crippen LogP contribution in [0, 0.1) is 6.92 Å². The maximum atomic E-state index is 5.69. The summed E-state index contributed by atoms with van der Waals surface area (Å²) in [5.74, 6) is 1.77. The molecule has 0 aliphatic carbocycles. The number of aryl methyl sites for hydroxylation is 2. The molecule has 0 aromatic carbocycles. The van der Waals surface area contributed by atoms with Gasteiger partial charge in [0.1, 0.15) is 5.82 Å². The summed E-state index contributed by atoms with van der Waals surface area (Å²) in [6, 6.07) is 0. The van der Waals surface area contributed by atoms with Crippen LogP contribution in [0.4, 0.5) is 5.95 Å². The molecule has 2 heterocycles. The quantitative estimate of drug-likeness (QED) is 0.886. The molecular weight excluding hydrogens is 220 g/mol. The normalized spacial score (nSPS) is 10.6. The Morgan fingerprint density at radius 1 is 1.25 bits per heavy atom. The van der Waals surface area contributed by atoms with E-state index in [0.29, 0.717) is 11.8 Å². The van der Waals surface area contributed by atoms with E-state index in [-0.39, 0.29) is 0 Å². The molecule has 0 amide bonds. The van der Waals surface area contributed by atoms with Crippen LogP contribution in [0.25, 0.3) is 11.4 Å². The number of aromatic nitrogens is 3. The fraction of sp³-hybridized carbons (Fsp3) is 0.364. The summed E-state index contributed by atoms with van der Waals surface area (Å²) >= 11 is 1.64. The molecule has 0 bridgehead atoms. The van der Waals surface area contributed by atoms with Gasteiger partial charge in [-0.1, -0.05) is 6.92 Å². The third-order valence-corrected chi connectivity index (χ3v) is 3.13. The molecule has 16 heavy (non-hydrogen) atoms. The van der Waals surface area contributed by atoms with Crippen molar-refractivity contribution in [2.24, 2.45) is 0 Å². The molecule has 2 aromatic rings. The molecule has 0 aliphatic rings. The largest absolute Gasteiger partial charge is 0.368 e. The Kier molecular flexibility index (Phi) is 3.14. The van der Waals surface area contributed by atoms with Gasteiger partial charge in [-0.3, -0.25) is 0 Å². The van der Waals surface area contributed by atoms with Gasteiger partial charge in [0.05, 0.1) is 0 Å². The molecule has 2 aromatic heterocycles. The van der Waals surface area contributed by atoms with Gasteiger partial charge in [-0.2, -0.15) is 21.3 Å². The van der Waals surface area contributed by atoms with E-state index in [9.17, 15) is 0 Å². The Bertz CT molecular complexity index is 492.